The fourth-order valence-electron chi connectivity index (χ4n) is 5.55. The van der Waals surface area contributed by atoms with E-state index in [-0.39, 0.29) is 17.8 Å². The number of Topliss-reactive ketones (excluding diaryl/α,β-unsaturated/α-hetero) is 1. The zero-order valence-electron chi connectivity index (χ0n) is 20.0. The summed E-state index contributed by atoms with van der Waals surface area (Å²) < 4.78 is 10.9. The van der Waals surface area contributed by atoms with Crippen LogP contribution in [0.4, 0.5) is 0 Å². The smallest absolute Gasteiger partial charge is 0.337 e. The van der Waals surface area contributed by atoms with Crippen LogP contribution in [0.5, 0.6) is 0 Å². The van der Waals surface area contributed by atoms with Gasteiger partial charge < -0.3 is 14.8 Å². The summed E-state index contributed by atoms with van der Waals surface area (Å²) in [5.41, 5.74) is 2.95. The van der Waals surface area contributed by atoms with Crippen LogP contribution in [-0.2, 0) is 23.9 Å². The molecule has 1 aromatic carbocycles. The van der Waals surface area contributed by atoms with Gasteiger partial charge in [-0.3, -0.25) is 9.59 Å². The Morgan fingerprint density at radius 1 is 1.12 bits per heavy atom. The molecule has 34 heavy (non-hydrogen) atoms. The van der Waals surface area contributed by atoms with Crippen molar-refractivity contribution in [1.82, 2.24) is 5.32 Å². The summed E-state index contributed by atoms with van der Waals surface area (Å²) in [6.45, 7) is 3.71. The van der Waals surface area contributed by atoms with E-state index >= 15 is 0 Å². The van der Waals surface area contributed by atoms with E-state index in [1.807, 2.05) is 19.9 Å². The molecule has 1 aliphatic heterocycles. The zero-order valence-corrected chi connectivity index (χ0v) is 20.7. The molecule has 3 aliphatic rings. The Labute approximate surface area is 205 Å². The number of carbonyl (C=O) groups is 3. The third-order valence-corrected chi connectivity index (χ3v) is 7.46. The van der Waals surface area contributed by atoms with Crippen molar-refractivity contribution in [3.63, 3.8) is 0 Å². The van der Waals surface area contributed by atoms with Gasteiger partial charge in [-0.1, -0.05) is 43.5 Å². The monoisotopic (exact) mass is 485 g/mol. The highest BCUT2D eigenvalue weighted by atomic mass is 35.5. The minimum Gasteiger partial charge on any atom is -0.468 e. The van der Waals surface area contributed by atoms with Crippen molar-refractivity contribution in [2.24, 2.45) is 11.8 Å². The molecular formula is C27H32ClNO5. The van der Waals surface area contributed by atoms with E-state index in [0.717, 1.165) is 49.8 Å². The van der Waals surface area contributed by atoms with E-state index in [9.17, 15) is 14.4 Å². The van der Waals surface area contributed by atoms with Gasteiger partial charge in [0, 0.05) is 27.9 Å². The van der Waals surface area contributed by atoms with Crippen LogP contribution in [0.2, 0.25) is 5.02 Å². The second-order valence-electron chi connectivity index (χ2n) is 9.61. The maximum absolute atomic E-state index is 13.7. The van der Waals surface area contributed by atoms with Gasteiger partial charge in [0.2, 0.25) is 0 Å². The predicted octanol–water partition coefficient (Wildman–Crippen LogP) is 5.22. The summed E-state index contributed by atoms with van der Waals surface area (Å²) >= 11 is 6.31. The van der Waals surface area contributed by atoms with Gasteiger partial charge in [0.05, 0.1) is 12.7 Å². The minimum atomic E-state index is -0.912. The Kier molecular flexibility index (Phi) is 7.46. The van der Waals surface area contributed by atoms with Crippen molar-refractivity contribution < 1.29 is 23.9 Å². The molecule has 0 radical (unpaired) electrons. The summed E-state index contributed by atoms with van der Waals surface area (Å²) in [4.78, 5) is 39.9. The third-order valence-electron chi connectivity index (χ3n) is 7.22. The molecule has 6 nitrogen and oxygen atoms in total. The van der Waals surface area contributed by atoms with Crippen LogP contribution in [-0.4, -0.2) is 30.9 Å². The van der Waals surface area contributed by atoms with Gasteiger partial charge in [-0.2, -0.15) is 0 Å². The number of carbonyl (C=O) groups excluding carboxylic acids is 3. The summed E-state index contributed by atoms with van der Waals surface area (Å²) in [5.74, 6) is -3.09. The molecule has 1 heterocycles. The number of dihydropyridines is 1. The molecule has 0 spiro atoms. The van der Waals surface area contributed by atoms with Crippen LogP contribution in [0.1, 0.15) is 70.3 Å². The van der Waals surface area contributed by atoms with Gasteiger partial charge >= 0.3 is 11.9 Å². The maximum Gasteiger partial charge on any atom is 0.337 e. The molecule has 0 amide bonds. The molecule has 2 aliphatic carbocycles. The van der Waals surface area contributed by atoms with Crippen LogP contribution < -0.4 is 5.32 Å². The first-order valence-electron chi connectivity index (χ1n) is 12.1. The fraction of sp³-hybridized carbons (Fsp3) is 0.519. The molecule has 0 unspecified atom stereocenters. The molecule has 0 saturated heterocycles. The molecule has 1 fully saturated rings. The number of ether oxygens (including phenoxy) is 2. The lowest BCUT2D eigenvalue weighted by Gasteiger charge is -2.38. The zero-order chi connectivity index (χ0) is 24.4. The van der Waals surface area contributed by atoms with Crippen molar-refractivity contribution in [3.05, 3.63) is 57.4 Å². The van der Waals surface area contributed by atoms with E-state index in [2.05, 4.69) is 5.32 Å². The van der Waals surface area contributed by atoms with Crippen LogP contribution in [0.3, 0.4) is 0 Å². The van der Waals surface area contributed by atoms with Crippen LogP contribution >= 0.6 is 11.6 Å². The quantitative estimate of drug-likeness (QED) is 0.358. The number of nitrogens with one attached hydrogen (secondary N) is 1. The summed E-state index contributed by atoms with van der Waals surface area (Å²) in [5, 5.41) is 3.81. The van der Waals surface area contributed by atoms with E-state index in [0.29, 0.717) is 28.3 Å². The number of hydrogen-bond acceptors (Lipinski definition) is 6. The highest BCUT2D eigenvalue weighted by Gasteiger charge is 2.47. The van der Waals surface area contributed by atoms with Crippen molar-refractivity contribution in [1.29, 1.82) is 0 Å². The van der Waals surface area contributed by atoms with Gasteiger partial charge in [0.15, 0.2) is 5.78 Å². The number of allylic oxidation sites excluding steroid dienone is 3. The molecule has 1 saturated carbocycles. The van der Waals surface area contributed by atoms with Crippen molar-refractivity contribution in [2.45, 2.75) is 70.8 Å². The minimum absolute atomic E-state index is 0.129. The normalized spacial score (nSPS) is 25.9. The topological polar surface area (TPSA) is 81.7 Å². The lowest BCUT2D eigenvalue weighted by atomic mass is 9.69. The summed E-state index contributed by atoms with van der Waals surface area (Å²) in [6, 6.07) is 7.19. The number of ketones is 1. The predicted molar refractivity (Wildman–Crippen MR) is 129 cm³/mol. The van der Waals surface area contributed by atoms with Gasteiger partial charge in [0.1, 0.15) is 12.0 Å². The van der Waals surface area contributed by atoms with Gasteiger partial charge in [0.25, 0.3) is 0 Å². The second-order valence-corrected chi connectivity index (χ2v) is 10.0. The van der Waals surface area contributed by atoms with Crippen molar-refractivity contribution >= 4 is 29.3 Å². The largest absolute Gasteiger partial charge is 0.468 e. The third kappa shape index (κ3) is 4.78. The standard InChI is InChI=1S/C27H32ClNO5/c1-15-13-20-24(25(30)21(15)26(31)33-3)23(17-9-8-10-18(28)14-17)22(16(2)29-20)27(32)34-19-11-6-4-5-7-12-19/h8-10,14-15,19,21,23,29H,4-7,11-13H2,1-3H3/t15-,21-,23+/m0/s1. The Balaban J connectivity index is 1.77. The maximum atomic E-state index is 13.7. The fourth-order valence-corrected chi connectivity index (χ4v) is 5.74. The molecule has 0 bridgehead atoms. The average molecular weight is 486 g/mol. The molecule has 4 rings (SSSR count). The molecule has 0 aromatic heterocycles. The SMILES string of the molecule is COC(=O)[C@@H]1C(=O)C2=C(C[C@@H]1C)NC(C)=C(C(=O)OC1CCCCCC1)[C@H]2c1cccc(Cl)c1. The molecule has 3 atom stereocenters. The van der Waals surface area contributed by atoms with Crippen molar-refractivity contribution in [2.75, 3.05) is 7.11 Å². The molecule has 182 valence electrons. The number of halogens is 1. The highest BCUT2D eigenvalue weighted by Crippen LogP contribution is 2.46. The lowest BCUT2D eigenvalue weighted by molar-refractivity contribution is -0.151. The van der Waals surface area contributed by atoms with Crippen LogP contribution in [0.25, 0.3) is 0 Å². The van der Waals surface area contributed by atoms with Gasteiger partial charge in [-0.05, 0) is 62.6 Å². The number of esters is 2. The first-order valence-corrected chi connectivity index (χ1v) is 12.5. The first-order chi connectivity index (χ1) is 16.3. The molecule has 7 heteroatoms. The Bertz CT molecular complexity index is 1050. The molecule has 1 aromatic rings. The Morgan fingerprint density at radius 3 is 2.47 bits per heavy atom. The summed E-state index contributed by atoms with van der Waals surface area (Å²) in [6.07, 6.45) is 6.46. The number of benzene rings is 1. The Hall–Kier alpha value is -2.60. The van der Waals surface area contributed by atoms with Crippen LogP contribution in [0.15, 0.2) is 46.8 Å². The first kappa shape index (κ1) is 24.5. The second kappa shape index (κ2) is 10.3. The van der Waals surface area contributed by atoms with Crippen molar-refractivity contribution in [3.8, 4) is 0 Å². The molecule has 1 N–H and O–H groups in total. The Morgan fingerprint density at radius 2 is 1.82 bits per heavy atom. The summed E-state index contributed by atoms with van der Waals surface area (Å²) in [7, 11) is 1.29. The van der Waals surface area contributed by atoms with Gasteiger partial charge in [-0.25, -0.2) is 4.79 Å². The molecular weight excluding hydrogens is 454 g/mol. The number of rotatable bonds is 4. The van der Waals surface area contributed by atoms with Gasteiger partial charge in [-0.15, -0.1) is 0 Å². The number of methoxy groups -OCH3 is 1. The van der Waals surface area contributed by atoms with E-state index in [1.165, 1.54) is 7.11 Å². The van der Waals surface area contributed by atoms with Crippen LogP contribution in [0, 0.1) is 11.8 Å². The van der Waals surface area contributed by atoms with E-state index < -0.39 is 23.8 Å². The highest BCUT2D eigenvalue weighted by molar-refractivity contribution is 6.30. The average Bonchev–Trinajstić information content (AvgIpc) is 3.06. The van der Waals surface area contributed by atoms with E-state index in [4.69, 9.17) is 21.1 Å². The van der Waals surface area contributed by atoms with E-state index in [1.54, 1.807) is 18.2 Å². The lowest BCUT2D eigenvalue weighted by Crippen LogP contribution is -2.43. The number of hydrogen-bond donors (Lipinski definition) is 1.